The number of pyridine rings is 1. The van der Waals surface area contributed by atoms with E-state index in [4.69, 9.17) is 0 Å². The number of rotatable bonds is 8. The number of fused-ring (bicyclic) bond motifs is 1. The van der Waals surface area contributed by atoms with E-state index in [-0.39, 0.29) is 17.2 Å². The van der Waals surface area contributed by atoms with Gasteiger partial charge in [0.05, 0.1) is 13.1 Å². The van der Waals surface area contributed by atoms with E-state index in [1.165, 1.54) is 24.3 Å². The third kappa shape index (κ3) is 5.52. The molecular weight excluding hydrogens is 462 g/mol. The molecule has 182 valence electrons. The van der Waals surface area contributed by atoms with Crippen LogP contribution in [-0.2, 0) is 26.2 Å². The molecule has 9 heteroatoms. The van der Waals surface area contributed by atoms with Crippen molar-refractivity contribution in [3.05, 3.63) is 123 Å². The Balaban J connectivity index is 1.44. The molecule has 2 aromatic heterocycles. The topological polar surface area (TPSA) is 79.7 Å². The SMILES string of the molecule is Cc1ccc2[nH]c(=O)c(CN(Cc3ccc(F)cc3)Cc3nnnn3Cc3ccc(F)cc3)cc2c1. The van der Waals surface area contributed by atoms with Crippen molar-refractivity contribution in [2.24, 2.45) is 0 Å². The molecule has 0 saturated carbocycles. The molecule has 0 atom stereocenters. The Hall–Kier alpha value is -4.24. The van der Waals surface area contributed by atoms with Gasteiger partial charge in [0.2, 0.25) is 0 Å². The lowest BCUT2D eigenvalue weighted by molar-refractivity contribution is 0.236. The Bertz CT molecular complexity index is 1540. The van der Waals surface area contributed by atoms with Gasteiger partial charge in [-0.3, -0.25) is 9.69 Å². The first-order valence-electron chi connectivity index (χ1n) is 11.5. The van der Waals surface area contributed by atoms with E-state index < -0.39 is 0 Å². The summed E-state index contributed by atoms with van der Waals surface area (Å²) in [4.78, 5) is 17.9. The average molecular weight is 487 g/mol. The first kappa shape index (κ1) is 23.5. The quantitative estimate of drug-likeness (QED) is 0.353. The Morgan fingerprint density at radius 3 is 2.28 bits per heavy atom. The van der Waals surface area contributed by atoms with Crippen LogP contribution in [0.1, 0.15) is 28.1 Å². The van der Waals surface area contributed by atoms with Crippen molar-refractivity contribution in [2.45, 2.75) is 33.1 Å². The van der Waals surface area contributed by atoms with Crippen LogP contribution in [0.5, 0.6) is 0 Å². The summed E-state index contributed by atoms with van der Waals surface area (Å²) in [6, 6.07) is 20.2. The number of hydrogen-bond donors (Lipinski definition) is 1. The van der Waals surface area contributed by atoms with E-state index in [2.05, 4.69) is 20.5 Å². The van der Waals surface area contributed by atoms with Gasteiger partial charge in [0.1, 0.15) is 11.6 Å². The Labute approximate surface area is 206 Å². The van der Waals surface area contributed by atoms with Gasteiger partial charge < -0.3 is 4.98 Å². The number of aromatic nitrogens is 5. The second kappa shape index (κ2) is 10.2. The third-order valence-corrected chi connectivity index (χ3v) is 6.01. The standard InChI is InChI=1S/C27H24F2N6O/c1-18-2-11-25-21(12-18)13-22(27(36)30-25)16-34(14-19-3-7-23(28)8-4-19)17-26-31-32-33-35(26)15-20-5-9-24(29)10-6-20/h2-13H,14-17H2,1H3,(H,30,36). The highest BCUT2D eigenvalue weighted by molar-refractivity contribution is 5.79. The molecule has 5 rings (SSSR count). The molecule has 0 aliphatic heterocycles. The zero-order valence-electron chi connectivity index (χ0n) is 19.7. The molecule has 0 aliphatic carbocycles. The molecule has 0 saturated heterocycles. The number of nitrogens with one attached hydrogen (secondary N) is 1. The van der Waals surface area contributed by atoms with Crippen LogP contribution < -0.4 is 5.56 Å². The van der Waals surface area contributed by atoms with Gasteiger partial charge in [-0.05, 0) is 76.3 Å². The Morgan fingerprint density at radius 2 is 1.56 bits per heavy atom. The minimum Gasteiger partial charge on any atom is -0.322 e. The van der Waals surface area contributed by atoms with Crippen molar-refractivity contribution in [3.63, 3.8) is 0 Å². The van der Waals surface area contributed by atoms with Crippen LogP contribution in [0.15, 0.2) is 77.6 Å². The van der Waals surface area contributed by atoms with Gasteiger partial charge in [0, 0.05) is 24.2 Å². The van der Waals surface area contributed by atoms with Crippen LogP contribution in [-0.4, -0.2) is 30.1 Å². The number of nitrogens with zero attached hydrogens (tertiary/aromatic N) is 5. The van der Waals surface area contributed by atoms with Crippen LogP contribution in [0, 0.1) is 18.6 Å². The molecule has 0 amide bonds. The highest BCUT2D eigenvalue weighted by Gasteiger charge is 2.16. The molecule has 0 aliphatic rings. The first-order valence-corrected chi connectivity index (χ1v) is 11.5. The predicted molar refractivity (Wildman–Crippen MR) is 132 cm³/mol. The van der Waals surface area contributed by atoms with Crippen LogP contribution in [0.2, 0.25) is 0 Å². The number of benzene rings is 3. The number of aromatic amines is 1. The zero-order valence-corrected chi connectivity index (χ0v) is 19.7. The summed E-state index contributed by atoms with van der Waals surface area (Å²) in [6.45, 7) is 3.51. The molecule has 5 aromatic rings. The highest BCUT2D eigenvalue weighted by atomic mass is 19.1. The maximum absolute atomic E-state index is 13.5. The number of halogens is 2. The van der Waals surface area contributed by atoms with Gasteiger partial charge in [-0.25, -0.2) is 13.5 Å². The minimum atomic E-state index is -0.310. The van der Waals surface area contributed by atoms with Gasteiger partial charge in [-0.2, -0.15) is 0 Å². The third-order valence-electron chi connectivity index (χ3n) is 6.01. The second-order valence-corrected chi connectivity index (χ2v) is 8.87. The molecular formula is C27H24F2N6O. The van der Waals surface area contributed by atoms with Crippen LogP contribution in [0.4, 0.5) is 8.78 Å². The van der Waals surface area contributed by atoms with Crippen LogP contribution >= 0.6 is 0 Å². The van der Waals surface area contributed by atoms with Crippen molar-refractivity contribution >= 4 is 10.9 Å². The van der Waals surface area contributed by atoms with Gasteiger partial charge in [-0.1, -0.05) is 35.9 Å². The van der Waals surface area contributed by atoms with Crippen molar-refractivity contribution in [2.75, 3.05) is 0 Å². The molecule has 3 aromatic carbocycles. The monoisotopic (exact) mass is 486 g/mol. The number of tetrazole rings is 1. The summed E-state index contributed by atoms with van der Waals surface area (Å²) < 4.78 is 28.4. The van der Waals surface area contributed by atoms with Gasteiger partial charge >= 0.3 is 0 Å². The summed E-state index contributed by atoms with van der Waals surface area (Å²) in [5.74, 6) is -0.0265. The number of aryl methyl sites for hydroxylation is 1. The Morgan fingerprint density at radius 1 is 0.861 bits per heavy atom. The summed E-state index contributed by atoms with van der Waals surface area (Å²) in [5, 5.41) is 13.1. The lowest BCUT2D eigenvalue weighted by Gasteiger charge is -2.22. The molecule has 1 N–H and O–H groups in total. The fraction of sp³-hybridized carbons (Fsp3) is 0.185. The largest absolute Gasteiger partial charge is 0.322 e. The molecule has 0 unspecified atom stereocenters. The Kier molecular flexibility index (Phi) is 6.64. The van der Waals surface area contributed by atoms with E-state index in [0.29, 0.717) is 37.6 Å². The summed E-state index contributed by atoms with van der Waals surface area (Å²) >= 11 is 0. The maximum Gasteiger partial charge on any atom is 0.252 e. The molecule has 0 radical (unpaired) electrons. The average Bonchev–Trinajstić information content (AvgIpc) is 3.29. The number of hydrogen-bond acceptors (Lipinski definition) is 5. The van der Waals surface area contributed by atoms with E-state index in [9.17, 15) is 13.6 Å². The van der Waals surface area contributed by atoms with Gasteiger partial charge in [0.15, 0.2) is 5.82 Å². The van der Waals surface area contributed by atoms with E-state index in [1.54, 1.807) is 28.9 Å². The maximum atomic E-state index is 13.5. The smallest absolute Gasteiger partial charge is 0.252 e. The molecule has 0 spiro atoms. The van der Waals surface area contributed by atoms with E-state index in [0.717, 1.165) is 27.6 Å². The van der Waals surface area contributed by atoms with Crippen LogP contribution in [0.3, 0.4) is 0 Å². The minimum absolute atomic E-state index is 0.165. The summed E-state index contributed by atoms with van der Waals surface area (Å²) in [6.07, 6.45) is 0. The fourth-order valence-corrected chi connectivity index (χ4v) is 4.17. The predicted octanol–water partition coefficient (Wildman–Crippen LogP) is 4.35. The molecule has 36 heavy (non-hydrogen) atoms. The highest BCUT2D eigenvalue weighted by Crippen LogP contribution is 2.17. The van der Waals surface area contributed by atoms with Crippen molar-refractivity contribution < 1.29 is 8.78 Å². The molecule has 0 bridgehead atoms. The number of H-pyrrole nitrogens is 1. The molecule has 0 fully saturated rings. The molecule has 7 nitrogen and oxygen atoms in total. The lowest BCUT2D eigenvalue weighted by Crippen LogP contribution is -2.28. The second-order valence-electron chi connectivity index (χ2n) is 8.87. The summed E-state index contributed by atoms with van der Waals surface area (Å²) in [7, 11) is 0. The lowest BCUT2D eigenvalue weighted by atomic mass is 10.1. The first-order chi connectivity index (χ1) is 17.4. The van der Waals surface area contributed by atoms with Gasteiger partial charge in [0.25, 0.3) is 5.56 Å². The fourth-order valence-electron chi connectivity index (χ4n) is 4.17. The van der Waals surface area contributed by atoms with E-state index in [1.807, 2.05) is 36.1 Å². The van der Waals surface area contributed by atoms with Crippen molar-refractivity contribution in [1.29, 1.82) is 0 Å². The summed E-state index contributed by atoms with van der Waals surface area (Å²) in [5.41, 5.74) is 4.07. The zero-order chi connectivity index (χ0) is 25.1. The van der Waals surface area contributed by atoms with Crippen molar-refractivity contribution in [1.82, 2.24) is 30.1 Å². The van der Waals surface area contributed by atoms with Crippen LogP contribution in [0.25, 0.3) is 10.9 Å². The van der Waals surface area contributed by atoms with E-state index >= 15 is 0 Å². The molecule has 2 heterocycles. The normalized spacial score (nSPS) is 11.4. The van der Waals surface area contributed by atoms with Gasteiger partial charge in [-0.15, -0.1) is 5.10 Å². The van der Waals surface area contributed by atoms with Crippen molar-refractivity contribution in [3.8, 4) is 0 Å².